The lowest BCUT2D eigenvalue weighted by Crippen LogP contribution is -2.55. The summed E-state index contributed by atoms with van der Waals surface area (Å²) in [6, 6.07) is 7.44. The Bertz CT molecular complexity index is 646. The minimum absolute atomic E-state index is 0.0122. The van der Waals surface area contributed by atoms with Gasteiger partial charge in [-0.1, -0.05) is 13.3 Å². The van der Waals surface area contributed by atoms with Gasteiger partial charge in [-0.3, -0.25) is 9.59 Å². The molecule has 2 amide bonds. The van der Waals surface area contributed by atoms with E-state index in [9.17, 15) is 9.59 Å². The van der Waals surface area contributed by atoms with Gasteiger partial charge in [0.25, 0.3) is 5.91 Å². The number of piperidine rings is 1. The third-order valence-electron chi connectivity index (χ3n) is 5.76. The van der Waals surface area contributed by atoms with Crippen molar-refractivity contribution < 1.29 is 19.1 Å². The van der Waals surface area contributed by atoms with Crippen LogP contribution in [0.4, 0.5) is 0 Å². The van der Waals surface area contributed by atoms with Crippen molar-refractivity contribution in [3.8, 4) is 11.5 Å². The molecule has 1 saturated heterocycles. The van der Waals surface area contributed by atoms with E-state index >= 15 is 0 Å². The van der Waals surface area contributed by atoms with E-state index in [2.05, 4.69) is 17.6 Å². The van der Waals surface area contributed by atoms with Gasteiger partial charge in [-0.15, -0.1) is 0 Å². The number of benzene rings is 1. The van der Waals surface area contributed by atoms with Gasteiger partial charge < -0.3 is 20.1 Å². The molecule has 1 aliphatic heterocycles. The first-order valence-corrected chi connectivity index (χ1v) is 9.94. The summed E-state index contributed by atoms with van der Waals surface area (Å²) in [4.78, 5) is 24.3. The molecule has 3 rings (SSSR count). The maximum absolute atomic E-state index is 12.3. The van der Waals surface area contributed by atoms with Crippen molar-refractivity contribution >= 4 is 11.8 Å². The fourth-order valence-corrected chi connectivity index (χ4v) is 4.49. The van der Waals surface area contributed by atoms with Crippen molar-refractivity contribution in [2.24, 2.45) is 11.8 Å². The second-order valence-corrected chi connectivity index (χ2v) is 7.63. The Morgan fingerprint density at radius 1 is 1.22 bits per heavy atom. The van der Waals surface area contributed by atoms with Crippen molar-refractivity contribution in [2.45, 2.75) is 57.5 Å². The zero-order valence-corrected chi connectivity index (χ0v) is 16.2. The Balaban J connectivity index is 1.47. The van der Waals surface area contributed by atoms with E-state index in [0.717, 1.165) is 37.9 Å². The largest absolute Gasteiger partial charge is 0.497 e. The first-order valence-electron chi connectivity index (χ1n) is 9.94. The van der Waals surface area contributed by atoms with E-state index in [0.29, 0.717) is 24.0 Å². The van der Waals surface area contributed by atoms with Crippen LogP contribution in [0.5, 0.6) is 11.5 Å². The minimum atomic E-state index is -0.124. The first-order chi connectivity index (χ1) is 13.1. The lowest BCUT2D eigenvalue weighted by Gasteiger charge is -2.44. The number of fused-ring (bicyclic) bond motifs is 1. The summed E-state index contributed by atoms with van der Waals surface area (Å²) >= 11 is 0. The van der Waals surface area contributed by atoms with E-state index in [-0.39, 0.29) is 30.5 Å². The van der Waals surface area contributed by atoms with Crippen LogP contribution in [0.15, 0.2) is 24.3 Å². The predicted molar refractivity (Wildman–Crippen MR) is 103 cm³/mol. The van der Waals surface area contributed by atoms with Gasteiger partial charge >= 0.3 is 0 Å². The number of rotatable bonds is 7. The molecule has 148 valence electrons. The lowest BCUT2D eigenvalue weighted by atomic mass is 9.70. The van der Waals surface area contributed by atoms with Gasteiger partial charge in [-0.05, 0) is 61.8 Å². The summed E-state index contributed by atoms with van der Waals surface area (Å²) in [5.41, 5.74) is 0. The molecule has 4 unspecified atom stereocenters. The van der Waals surface area contributed by atoms with Gasteiger partial charge in [0.1, 0.15) is 11.5 Å². The number of hydrogen-bond donors (Lipinski definition) is 2. The maximum Gasteiger partial charge on any atom is 0.258 e. The maximum atomic E-state index is 12.3. The zero-order valence-electron chi connectivity index (χ0n) is 16.2. The highest BCUT2D eigenvalue weighted by Crippen LogP contribution is 2.37. The summed E-state index contributed by atoms with van der Waals surface area (Å²) in [7, 11) is 1.61. The topological polar surface area (TPSA) is 76.7 Å². The van der Waals surface area contributed by atoms with Crippen molar-refractivity contribution in [1.82, 2.24) is 10.6 Å². The molecule has 0 spiro atoms. The number of amides is 2. The molecule has 27 heavy (non-hydrogen) atoms. The standard InChI is InChI=1S/C21H30N2O4/c1-3-4-14-11-20(24)23-19-12-15(5-10-18(14)19)22-21(25)13-27-17-8-6-16(26-2)7-9-17/h6-9,14-15,18-19H,3-5,10-13H2,1-2H3,(H,22,25)(H,23,24). The van der Waals surface area contributed by atoms with E-state index in [4.69, 9.17) is 9.47 Å². The van der Waals surface area contributed by atoms with Crippen LogP contribution in [0.3, 0.4) is 0 Å². The summed E-state index contributed by atoms with van der Waals surface area (Å²) in [6.45, 7) is 2.16. The molecule has 2 N–H and O–H groups in total. The van der Waals surface area contributed by atoms with E-state index in [1.165, 1.54) is 0 Å². The molecule has 6 heteroatoms. The van der Waals surface area contributed by atoms with Gasteiger partial charge in [0.05, 0.1) is 7.11 Å². The van der Waals surface area contributed by atoms with Crippen LogP contribution in [0.1, 0.15) is 45.4 Å². The normalized spacial score (nSPS) is 27.3. The van der Waals surface area contributed by atoms with Gasteiger partial charge in [0, 0.05) is 18.5 Å². The molecule has 4 atom stereocenters. The molecule has 2 aliphatic rings. The molecule has 2 fully saturated rings. The number of ether oxygens (including phenoxy) is 2. The average Bonchev–Trinajstić information content (AvgIpc) is 2.66. The number of nitrogens with one attached hydrogen (secondary N) is 2. The second kappa shape index (κ2) is 9.11. The number of carbonyl (C=O) groups excluding carboxylic acids is 2. The molecule has 0 radical (unpaired) electrons. The van der Waals surface area contributed by atoms with Crippen LogP contribution >= 0.6 is 0 Å². The molecule has 1 aromatic rings. The Hall–Kier alpha value is -2.24. The fourth-order valence-electron chi connectivity index (χ4n) is 4.49. The van der Waals surface area contributed by atoms with Crippen molar-refractivity contribution in [3.05, 3.63) is 24.3 Å². The molecular formula is C21H30N2O4. The van der Waals surface area contributed by atoms with Crippen LogP contribution in [-0.2, 0) is 9.59 Å². The molecule has 0 aromatic heterocycles. The summed E-state index contributed by atoms with van der Waals surface area (Å²) in [6.07, 6.45) is 5.71. The molecule has 1 saturated carbocycles. The molecule has 0 bridgehead atoms. The van der Waals surface area contributed by atoms with Crippen LogP contribution in [-0.4, -0.2) is 37.6 Å². The Morgan fingerprint density at radius 3 is 2.67 bits per heavy atom. The SMILES string of the molecule is CCCC1CC(=O)NC2CC(NC(=O)COc3ccc(OC)cc3)CCC12. The summed E-state index contributed by atoms with van der Waals surface area (Å²) in [5, 5.41) is 6.21. The fraction of sp³-hybridized carbons (Fsp3) is 0.619. The summed E-state index contributed by atoms with van der Waals surface area (Å²) in [5.74, 6) is 2.46. The van der Waals surface area contributed by atoms with Gasteiger partial charge in [0.15, 0.2) is 6.61 Å². The van der Waals surface area contributed by atoms with Crippen LogP contribution in [0, 0.1) is 11.8 Å². The molecule has 6 nitrogen and oxygen atoms in total. The Labute approximate surface area is 161 Å². The third kappa shape index (κ3) is 5.15. The minimum Gasteiger partial charge on any atom is -0.497 e. The molecular weight excluding hydrogens is 344 g/mol. The van der Waals surface area contributed by atoms with Crippen molar-refractivity contribution in [2.75, 3.05) is 13.7 Å². The highest BCUT2D eigenvalue weighted by molar-refractivity contribution is 5.78. The van der Waals surface area contributed by atoms with E-state index in [1.54, 1.807) is 31.4 Å². The predicted octanol–water partition coefficient (Wildman–Crippen LogP) is 2.66. The monoisotopic (exact) mass is 374 g/mol. The summed E-state index contributed by atoms with van der Waals surface area (Å²) < 4.78 is 10.6. The van der Waals surface area contributed by atoms with Gasteiger partial charge in [-0.25, -0.2) is 0 Å². The Kier molecular flexibility index (Phi) is 6.58. The van der Waals surface area contributed by atoms with Crippen LogP contribution < -0.4 is 20.1 Å². The lowest BCUT2D eigenvalue weighted by molar-refractivity contribution is -0.127. The van der Waals surface area contributed by atoms with E-state index < -0.39 is 0 Å². The Morgan fingerprint density at radius 2 is 1.96 bits per heavy atom. The van der Waals surface area contributed by atoms with Gasteiger partial charge in [-0.2, -0.15) is 0 Å². The smallest absolute Gasteiger partial charge is 0.258 e. The van der Waals surface area contributed by atoms with Crippen molar-refractivity contribution in [1.29, 1.82) is 0 Å². The third-order valence-corrected chi connectivity index (χ3v) is 5.76. The highest BCUT2D eigenvalue weighted by Gasteiger charge is 2.40. The average molecular weight is 374 g/mol. The van der Waals surface area contributed by atoms with Gasteiger partial charge in [0.2, 0.25) is 5.91 Å². The highest BCUT2D eigenvalue weighted by atomic mass is 16.5. The van der Waals surface area contributed by atoms with Crippen molar-refractivity contribution in [3.63, 3.8) is 0 Å². The first kappa shape index (κ1) is 19.5. The van der Waals surface area contributed by atoms with E-state index in [1.807, 2.05) is 0 Å². The molecule has 1 heterocycles. The molecule has 1 aromatic carbocycles. The number of methoxy groups -OCH3 is 1. The number of hydrogen-bond acceptors (Lipinski definition) is 4. The van der Waals surface area contributed by atoms with Crippen LogP contribution in [0.25, 0.3) is 0 Å². The molecule has 1 aliphatic carbocycles. The number of carbonyl (C=O) groups is 2. The van der Waals surface area contributed by atoms with Crippen LogP contribution in [0.2, 0.25) is 0 Å². The zero-order chi connectivity index (χ0) is 19.2. The second-order valence-electron chi connectivity index (χ2n) is 7.63. The quantitative estimate of drug-likeness (QED) is 0.769.